The fourth-order valence-corrected chi connectivity index (χ4v) is 2.09. The molecule has 0 bridgehead atoms. The van der Waals surface area contributed by atoms with Gasteiger partial charge in [0.05, 0.1) is 0 Å². The second-order valence-electron chi connectivity index (χ2n) is 4.79. The summed E-state index contributed by atoms with van der Waals surface area (Å²) in [6.45, 7) is 7.72. The molecule has 1 rings (SSSR count). The van der Waals surface area contributed by atoms with Crippen molar-refractivity contribution in [3.63, 3.8) is 0 Å². The molecule has 0 amide bonds. The van der Waals surface area contributed by atoms with E-state index in [1.165, 1.54) is 11.1 Å². The number of aryl methyl sites for hydroxylation is 1. The van der Waals surface area contributed by atoms with E-state index in [9.17, 15) is 0 Å². The maximum absolute atomic E-state index is 3.22. The quantitative estimate of drug-likeness (QED) is 0.791. The highest BCUT2D eigenvalue weighted by atomic mass is 15.1. The first kappa shape index (κ1) is 13.2. The summed E-state index contributed by atoms with van der Waals surface area (Å²) in [5.74, 6) is 0.694. The molecular formula is C14H24N2. The van der Waals surface area contributed by atoms with Crippen LogP contribution in [0.3, 0.4) is 0 Å². The number of rotatable bonds is 6. The third-order valence-electron chi connectivity index (χ3n) is 2.88. The molecule has 2 nitrogen and oxygen atoms in total. The molecule has 0 aliphatic rings. The summed E-state index contributed by atoms with van der Waals surface area (Å²) < 4.78 is 0. The number of hydrogen-bond acceptors (Lipinski definition) is 2. The zero-order valence-corrected chi connectivity index (χ0v) is 11.0. The minimum Gasteiger partial charge on any atom is -0.319 e. The molecule has 0 fully saturated rings. The molecule has 1 N–H and O–H groups in total. The summed E-state index contributed by atoms with van der Waals surface area (Å²) in [7, 11) is 4.20. The van der Waals surface area contributed by atoms with E-state index < -0.39 is 0 Å². The van der Waals surface area contributed by atoms with Crippen LogP contribution in [0.1, 0.15) is 18.1 Å². The average Bonchev–Trinajstić information content (AvgIpc) is 2.21. The lowest BCUT2D eigenvalue weighted by Gasteiger charge is -2.22. The van der Waals surface area contributed by atoms with Crippen molar-refractivity contribution < 1.29 is 0 Å². The molecule has 0 aliphatic carbocycles. The van der Waals surface area contributed by atoms with Crippen molar-refractivity contribution in [3.8, 4) is 0 Å². The van der Waals surface area contributed by atoms with E-state index >= 15 is 0 Å². The van der Waals surface area contributed by atoms with Gasteiger partial charge in [-0.15, -0.1) is 0 Å². The summed E-state index contributed by atoms with van der Waals surface area (Å²) >= 11 is 0. The van der Waals surface area contributed by atoms with Crippen LogP contribution in [0.2, 0.25) is 0 Å². The van der Waals surface area contributed by atoms with Crippen LogP contribution in [0, 0.1) is 12.8 Å². The topological polar surface area (TPSA) is 15.3 Å². The van der Waals surface area contributed by atoms with Gasteiger partial charge in [0, 0.05) is 13.1 Å². The smallest absolute Gasteiger partial charge is 0.0233 e. The molecule has 0 heterocycles. The number of nitrogens with zero attached hydrogens (tertiary/aromatic N) is 1. The lowest BCUT2D eigenvalue weighted by Crippen LogP contribution is -2.29. The first-order valence-corrected chi connectivity index (χ1v) is 6.01. The Morgan fingerprint density at radius 1 is 1.31 bits per heavy atom. The highest BCUT2D eigenvalue weighted by molar-refractivity contribution is 5.25. The molecule has 0 radical (unpaired) electrons. The average molecular weight is 220 g/mol. The minimum atomic E-state index is 0.694. The van der Waals surface area contributed by atoms with Gasteiger partial charge in [-0.3, -0.25) is 0 Å². The van der Waals surface area contributed by atoms with E-state index in [1.54, 1.807) is 0 Å². The standard InChI is InChI=1S/C14H24N2/c1-12(9-15-3)10-16(4)11-14-8-6-5-7-13(14)2/h5-8,12,15H,9-11H2,1-4H3. The normalized spacial score (nSPS) is 13.1. The summed E-state index contributed by atoms with van der Waals surface area (Å²) in [5.41, 5.74) is 2.82. The Labute approximate surface area is 99.7 Å². The zero-order valence-electron chi connectivity index (χ0n) is 11.0. The summed E-state index contributed by atoms with van der Waals surface area (Å²) in [6, 6.07) is 8.62. The maximum Gasteiger partial charge on any atom is 0.0233 e. The van der Waals surface area contributed by atoms with E-state index in [-0.39, 0.29) is 0 Å². The number of benzene rings is 1. The van der Waals surface area contributed by atoms with Gasteiger partial charge in [-0.05, 0) is 44.6 Å². The summed E-state index contributed by atoms with van der Waals surface area (Å²) in [4.78, 5) is 2.39. The molecule has 0 aliphatic heterocycles. The Bertz CT molecular complexity index is 309. The van der Waals surface area contributed by atoms with Gasteiger partial charge in [0.15, 0.2) is 0 Å². The molecule has 0 spiro atoms. The SMILES string of the molecule is CNCC(C)CN(C)Cc1ccccc1C. The van der Waals surface area contributed by atoms with E-state index in [0.717, 1.165) is 19.6 Å². The molecule has 2 heteroatoms. The van der Waals surface area contributed by atoms with Crippen LogP contribution in [0.25, 0.3) is 0 Å². The Hall–Kier alpha value is -0.860. The van der Waals surface area contributed by atoms with Crippen LogP contribution in [-0.2, 0) is 6.54 Å². The van der Waals surface area contributed by atoms with E-state index in [4.69, 9.17) is 0 Å². The fraction of sp³-hybridized carbons (Fsp3) is 0.571. The molecule has 1 unspecified atom stereocenters. The van der Waals surface area contributed by atoms with Crippen molar-refractivity contribution in [1.82, 2.24) is 10.2 Å². The van der Waals surface area contributed by atoms with Crippen molar-refractivity contribution in [2.45, 2.75) is 20.4 Å². The van der Waals surface area contributed by atoms with Gasteiger partial charge in [-0.2, -0.15) is 0 Å². The first-order chi connectivity index (χ1) is 7.63. The van der Waals surface area contributed by atoms with Gasteiger partial charge in [0.2, 0.25) is 0 Å². The lowest BCUT2D eigenvalue weighted by molar-refractivity contribution is 0.276. The molecular weight excluding hydrogens is 196 g/mol. The number of nitrogens with one attached hydrogen (secondary N) is 1. The highest BCUT2D eigenvalue weighted by Crippen LogP contribution is 2.10. The highest BCUT2D eigenvalue weighted by Gasteiger charge is 2.07. The fourth-order valence-electron chi connectivity index (χ4n) is 2.09. The van der Waals surface area contributed by atoms with Crippen molar-refractivity contribution >= 4 is 0 Å². The van der Waals surface area contributed by atoms with E-state index in [1.807, 2.05) is 7.05 Å². The third kappa shape index (κ3) is 4.33. The largest absolute Gasteiger partial charge is 0.319 e. The van der Waals surface area contributed by atoms with Crippen LogP contribution >= 0.6 is 0 Å². The van der Waals surface area contributed by atoms with Crippen LogP contribution in [-0.4, -0.2) is 32.1 Å². The third-order valence-corrected chi connectivity index (χ3v) is 2.88. The second kappa shape index (κ2) is 6.66. The van der Waals surface area contributed by atoms with Crippen molar-refractivity contribution in [1.29, 1.82) is 0 Å². The zero-order chi connectivity index (χ0) is 12.0. The van der Waals surface area contributed by atoms with Crippen LogP contribution in [0.15, 0.2) is 24.3 Å². The predicted molar refractivity (Wildman–Crippen MR) is 70.6 cm³/mol. The van der Waals surface area contributed by atoms with Gasteiger partial charge >= 0.3 is 0 Å². The minimum absolute atomic E-state index is 0.694. The monoisotopic (exact) mass is 220 g/mol. The van der Waals surface area contributed by atoms with E-state index in [2.05, 4.69) is 55.4 Å². The van der Waals surface area contributed by atoms with Gasteiger partial charge in [-0.1, -0.05) is 31.2 Å². The number of hydrogen-bond donors (Lipinski definition) is 1. The predicted octanol–water partition coefficient (Wildman–Crippen LogP) is 2.28. The molecule has 1 atom stereocenters. The summed E-state index contributed by atoms with van der Waals surface area (Å²) in [6.07, 6.45) is 0. The Balaban J connectivity index is 2.45. The van der Waals surface area contributed by atoms with Crippen LogP contribution < -0.4 is 5.32 Å². The first-order valence-electron chi connectivity index (χ1n) is 6.01. The Kier molecular flexibility index (Phi) is 5.50. The Morgan fingerprint density at radius 2 is 2.00 bits per heavy atom. The van der Waals surface area contributed by atoms with Gasteiger partial charge in [-0.25, -0.2) is 0 Å². The van der Waals surface area contributed by atoms with Crippen molar-refractivity contribution in [3.05, 3.63) is 35.4 Å². The molecule has 16 heavy (non-hydrogen) atoms. The molecule has 0 saturated carbocycles. The van der Waals surface area contributed by atoms with Gasteiger partial charge in [0.25, 0.3) is 0 Å². The van der Waals surface area contributed by atoms with E-state index in [0.29, 0.717) is 5.92 Å². The lowest BCUT2D eigenvalue weighted by atomic mass is 10.1. The molecule has 1 aromatic rings. The molecule has 1 aromatic carbocycles. The second-order valence-corrected chi connectivity index (χ2v) is 4.79. The van der Waals surface area contributed by atoms with Gasteiger partial charge in [0.1, 0.15) is 0 Å². The van der Waals surface area contributed by atoms with Gasteiger partial charge < -0.3 is 10.2 Å². The van der Waals surface area contributed by atoms with Crippen LogP contribution in [0.5, 0.6) is 0 Å². The van der Waals surface area contributed by atoms with Crippen molar-refractivity contribution in [2.75, 3.05) is 27.2 Å². The Morgan fingerprint density at radius 3 is 2.62 bits per heavy atom. The maximum atomic E-state index is 3.22. The van der Waals surface area contributed by atoms with Crippen LogP contribution in [0.4, 0.5) is 0 Å². The molecule has 90 valence electrons. The summed E-state index contributed by atoms with van der Waals surface area (Å²) in [5, 5.41) is 3.22. The van der Waals surface area contributed by atoms with Crippen molar-refractivity contribution in [2.24, 2.45) is 5.92 Å². The molecule has 0 saturated heterocycles. The molecule has 0 aromatic heterocycles.